The van der Waals surface area contributed by atoms with Gasteiger partial charge >= 0.3 is 5.97 Å². The van der Waals surface area contributed by atoms with Gasteiger partial charge in [0.2, 0.25) is 0 Å². The summed E-state index contributed by atoms with van der Waals surface area (Å²) in [5, 5.41) is 11.6. The number of nitrogens with zero attached hydrogens (tertiary/aromatic N) is 2. The number of hydrogen-bond acceptors (Lipinski definition) is 4. The number of thiocarbonyl (C=S) groups is 1. The predicted octanol–water partition coefficient (Wildman–Crippen LogP) is 2.61. The molecule has 1 fully saturated rings. The molecular weight excluding hydrogens is 390 g/mol. The van der Waals surface area contributed by atoms with Crippen molar-refractivity contribution in [2.75, 3.05) is 6.54 Å². The summed E-state index contributed by atoms with van der Waals surface area (Å²) in [5.74, 6) is -2.02. The van der Waals surface area contributed by atoms with Crippen molar-refractivity contribution in [1.29, 1.82) is 0 Å². The van der Waals surface area contributed by atoms with Crippen molar-refractivity contribution in [2.45, 2.75) is 13.8 Å². The zero-order valence-electron chi connectivity index (χ0n) is 15.9. The number of carboxylic acid groups (broad SMARTS) is 1. The highest BCUT2D eigenvalue weighted by atomic mass is 32.1. The fourth-order valence-corrected chi connectivity index (χ4v) is 3.48. The van der Waals surface area contributed by atoms with E-state index in [0.717, 1.165) is 17.1 Å². The predicted molar refractivity (Wildman–Crippen MR) is 113 cm³/mol. The lowest BCUT2D eigenvalue weighted by Crippen LogP contribution is -2.53. The molecule has 0 bridgehead atoms. The van der Waals surface area contributed by atoms with E-state index in [1.165, 1.54) is 23.1 Å². The maximum atomic E-state index is 12.7. The van der Waals surface area contributed by atoms with Crippen LogP contribution < -0.4 is 5.32 Å². The van der Waals surface area contributed by atoms with Gasteiger partial charge in [0, 0.05) is 23.6 Å². The fourth-order valence-electron chi connectivity index (χ4n) is 3.23. The monoisotopic (exact) mass is 409 g/mol. The van der Waals surface area contributed by atoms with Crippen LogP contribution in [0.25, 0.3) is 11.8 Å². The van der Waals surface area contributed by atoms with Gasteiger partial charge in [0.15, 0.2) is 5.11 Å². The molecule has 0 aliphatic carbocycles. The van der Waals surface area contributed by atoms with Gasteiger partial charge in [0.1, 0.15) is 5.57 Å². The van der Waals surface area contributed by atoms with Crippen molar-refractivity contribution in [3.05, 3.63) is 71.1 Å². The Morgan fingerprint density at radius 1 is 1.24 bits per heavy atom. The van der Waals surface area contributed by atoms with Crippen LogP contribution in [0.15, 0.2) is 48.6 Å². The van der Waals surface area contributed by atoms with Crippen LogP contribution in [0, 0.1) is 13.8 Å². The van der Waals surface area contributed by atoms with E-state index in [-0.39, 0.29) is 22.8 Å². The highest BCUT2D eigenvalue weighted by Crippen LogP contribution is 2.24. The number of rotatable bonds is 5. The number of aromatic nitrogens is 1. The summed E-state index contributed by atoms with van der Waals surface area (Å²) in [7, 11) is 0. The summed E-state index contributed by atoms with van der Waals surface area (Å²) in [4.78, 5) is 37.4. The first-order valence-corrected chi connectivity index (χ1v) is 9.18. The fraction of sp³-hybridized carbons (Fsp3) is 0.143. The number of amides is 2. The maximum Gasteiger partial charge on any atom is 0.335 e. The Hall–Kier alpha value is -3.52. The lowest BCUT2D eigenvalue weighted by molar-refractivity contribution is -0.128. The quantitative estimate of drug-likeness (QED) is 0.343. The Kier molecular flexibility index (Phi) is 5.47. The van der Waals surface area contributed by atoms with E-state index in [9.17, 15) is 14.4 Å². The van der Waals surface area contributed by atoms with Crippen LogP contribution in [0.1, 0.15) is 27.3 Å². The number of carbonyl (C=O) groups excluding carboxylic acids is 2. The van der Waals surface area contributed by atoms with Crippen molar-refractivity contribution >= 4 is 41.2 Å². The molecule has 7 nitrogen and oxygen atoms in total. The summed E-state index contributed by atoms with van der Waals surface area (Å²) in [6.45, 7) is 7.56. The van der Waals surface area contributed by atoms with Crippen molar-refractivity contribution in [3.8, 4) is 5.69 Å². The van der Waals surface area contributed by atoms with Gasteiger partial charge in [-0.2, -0.15) is 0 Å². The standard InChI is InChI=1S/C21H19N3O4S/c1-4-9-23-19(26)17(18(25)22-21(23)29)11-15-10-12(2)24(13(15)3)16-7-5-14(6-8-16)20(27)28/h4-8,10-11H,1,9H2,2-3H3,(H,27,28)(H,22,25,29)/b17-11+. The molecule has 0 unspecified atom stereocenters. The summed E-state index contributed by atoms with van der Waals surface area (Å²) in [6.07, 6.45) is 3.08. The second kappa shape index (κ2) is 7.84. The molecule has 1 aliphatic heterocycles. The van der Waals surface area contributed by atoms with E-state index in [1.807, 2.05) is 24.5 Å². The van der Waals surface area contributed by atoms with Crippen molar-refractivity contribution in [2.24, 2.45) is 0 Å². The van der Waals surface area contributed by atoms with Gasteiger partial charge < -0.3 is 9.67 Å². The van der Waals surface area contributed by atoms with Crippen LogP contribution in [0.2, 0.25) is 0 Å². The van der Waals surface area contributed by atoms with Gasteiger partial charge in [-0.15, -0.1) is 6.58 Å². The van der Waals surface area contributed by atoms with Crippen LogP contribution in [0.4, 0.5) is 0 Å². The van der Waals surface area contributed by atoms with Crippen LogP contribution in [0.3, 0.4) is 0 Å². The smallest absolute Gasteiger partial charge is 0.335 e. The molecule has 2 amide bonds. The number of nitrogens with one attached hydrogen (secondary N) is 1. The molecule has 8 heteroatoms. The summed E-state index contributed by atoms with van der Waals surface area (Å²) >= 11 is 5.06. The van der Waals surface area contributed by atoms with E-state index in [2.05, 4.69) is 11.9 Å². The zero-order chi connectivity index (χ0) is 21.3. The van der Waals surface area contributed by atoms with E-state index in [0.29, 0.717) is 5.56 Å². The largest absolute Gasteiger partial charge is 0.478 e. The molecule has 3 rings (SSSR count). The molecule has 148 valence electrons. The topological polar surface area (TPSA) is 91.6 Å². The van der Waals surface area contributed by atoms with E-state index in [4.69, 9.17) is 17.3 Å². The molecule has 1 aliphatic rings. The highest BCUT2D eigenvalue weighted by molar-refractivity contribution is 7.80. The summed E-state index contributed by atoms with van der Waals surface area (Å²) in [6, 6.07) is 8.34. The Bertz CT molecular complexity index is 1080. The molecule has 1 aromatic heterocycles. The minimum atomic E-state index is -0.994. The molecule has 0 radical (unpaired) electrons. The van der Waals surface area contributed by atoms with E-state index < -0.39 is 17.8 Å². The molecule has 1 saturated heterocycles. The molecule has 29 heavy (non-hydrogen) atoms. The normalized spacial score (nSPS) is 15.6. The molecule has 2 heterocycles. The lowest BCUT2D eigenvalue weighted by Gasteiger charge is -2.27. The van der Waals surface area contributed by atoms with Crippen LogP contribution in [0.5, 0.6) is 0 Å². The first kappa shape index (κ1) is 20.2. The van der Waals surface area contributed by atoms with Crippen LogP contribution in [-0.4, -0.2) is 44.0 Å². The molecule has 0 atom stereocenters. The number of aromatic carboxylic acids is 1. The Balaban J connectivity index is 2.02. The number of benzene rings is 1. The third-order valence-electron chi connectivity index (χ3n) is 4.64. The minimum Gasteiger partial charge on any atom is -0.478 e. The van der Waals surface area contributed by atoms with Gasteiger partial charge in [-0.1, -0.05) is 6.08 Å². The molecular formula is C21H19N3O4S. The number of carbonyl (C=O) groups is 3. The van der Waals surface area contributed by atoms with Crippen molar-refractivity contribution in [1.82, 2.24) is 14.8 Å². The molecule has 2 N–H and O–H groups in total. The van der Waals surface area contributed by atoms with E-state index >= 15 is 0 Å². The Morgan fingerprint density at radius 2 is 1.90 bits per heavy atom. The second-order valence-electron chi connectivity index (χ2n) is 6.54. The average Bonchev–Trinajstić information content (AvgIpc) is 2.95. The third kappa shape index (κ3) is 3.74. The average molecular weight is 409 g/mol. The molecule has 0 saturated carbocycles. The number of hydrogen-bond donors (Lipinski definition) is 2. The second-order valence-corrected chi connectivity index (χ2v) is 6.92. The highest BCUT2D eigenvalue weighted by Gasteiger charge is 2.32. The third-order valence-corrected chi connectivity index (χ3v) is 4.96. The Morgan fingerprint density at radius 3 is 2.48 bits per heavy atom. The SMILES string of the molecule is C=CCN1C(=O)/C(=C/c2cc(C)n(-c3ccc(C(=O)O)cc3)c2C)C(=O)NC1=S. The molecule has 0 spiro atoms. The van der Waals surface area contributed by atoms with Crippen LogP contribution >= 0.6 is 12.2 Å². The van der Waals surface area contributed by atoms with Crippen molar-refractivity contribution < 1.29 is 19.5 Å². The van der Waals surface area contributed by atoms with E-state index in [1.54, 1.807) is 18.2 Å². The van der Waals surface area contributed by atoms with Gasteiger partial charge in [0.05, 0.1) is 5.56 Å². The lowest BCUT2D eigenvalue weighted by atomic mass is 10.1. The van der Waals surface area contributed by atoms with Gasteiger partial charge in [-0.3, -0.25) is 19.8 Å². The van der Waals surface area contributed by atoms with Gasteiger partial charge in [-0.25, -0.2) is 4.79 Å². The Labute approximate surface area is 172 Å². The first-order chi connectivity index (χ1) is 13.7. The molecule has 1 aromatic carbocycles. The summed E-state index contributed by atoms with van der Waals surface area (Å²) < 4.78 is 1.93. The summed E-state index contributed by atoms with van der Waals surface area (Å²) in [5.41, 5.74) is 3.35. The maximum absolute atomic E-state index is 12.7. The zero-order valence-corrected chi connectivity index (χ0v) is 16.7. The number of carboxylic acids is 1. The number of aryl methyl sites for hydroxylation is 1. The van der Waals surface area contributed by atoms with Crippen molar-refractivity contribution in [3.63, 3.8) is 0 Å². The first-order valence-electron chi connectivity index (χ1n) is 8.77. The minimum absolute atomic E-state index is 0.0121. The molecule has 2 aromatic rings. The van der Waals surface area contributed by atoms with Gasteiger partial charge in [0.25, 0.3) is 11.8 Å². The van der Waals surface area contributed by atoms with Crippen LogP contribution in [-0.2, 0) is 9.59 Å². The van der Waals surface area contributed by atoms with Gasteiger partial charge in [-0.05, 0) is 68.0 Å².